The van der Waals surface area contributed by atoms with E-state index in [1.807, 2.05) is 60.7 Å². The van der Waals surface area contributed by atoms with Crippen LogP contribution in [0.4, 0.5) is 5.69 Å². The van der Waals surface area contributed by atoms with Crippen LogP contribution in [0.3, 0.4) is 0 Å². The highest BCUT2D eigenvalue weighted by molar-refractivity contribution is 8.26. The minimum Gasteiger partial charge on any atom is -0.497 e. The Balaban J connectivity index is 1.38. The van der Waals surface area contributed by atoms with Crippen molar-refractivity contribution in [3.05, 3.63) is 65.1 Å². The maximum Gasteiger partial charge on any atom is 0.266 e. The Kier molecular flexibility index (Phi) is 8.49. The molecule has 1 aliphatic rings. The number of hydrogen-bond acceptors (Lipinski definition) is 6. The van der Waals surface area contributed by atoms with Crippen molar-refractivity contribution in [2.75, 3.05) is 19.1 Å². The van der Waals surface area contributed by atoms with Gasteiger partial charge >= 0.3 is 0 Å². The molecule has 162 valence electrons. The molecule has 0 aromatic heterocycles. The Bertz CT molecular complexity index is 946. The lowest BCUT2D eigenvalue weighted by atomic mass is 10.1. The summed E-state index contributed by atoms with van der Waals surface area (Å²) < 4.78 is 5.74. The summed E-state index contributed by atoms with van der Waals surface area (Å²) in [4.78, 5) is 26.9. The van der Waals surface area contributed by atoms with Gasteiger partial charge in [-0.15, -0.1) is 0 Å². The van der Waals surface area contributed by atoms with E-state index in [2.05, 4.69) is 10.9 Å². The number of unbranched alkanes of at least 4 members (excludes halogenated alkanes) is 2. The molecule has 8 heteroatoms. The van der Waals surface area contributed by atoms with Crippen LogP contribution >= 0.6 is 24.0 Å². The Labute approximate surface area is 192 Å². The van der Waals surface area contributed by atoms with Crippen molar-refractivity contribution in [3.63, 3.8) is 0 Å². The summed E-state index contributed by atoms with van der Waals surface area (Å²) in [5, 5.41) is 0. The average Bonchev–Trinajstić information content (AvgIpc) is 3.06. The lowest BCUT2D eigenvalue weighted by Gasteiger charge is -2.14. The number of amides is 2. The van der Waals surface area contributed by atoms with Gasteiger partial charge in [-0.2, -0.15) is 0 Å². The first kappa shape index (κ1) is 22.8. The summed E-state index contributed by atoms with van der Waals surface area (Å²) in [5.41, 5.74) is 7.34. The van der Waals surface area contributed by atoms with Crippen LogP contribution in [0.2, 0.25) is 0 Å². The lowest BCUT2D eigenvalue weighted by Crippen LogP contribution is -2.29. The number of hydrogen-bond donors (Lipinski definition) is 2. The molecule has 31 heavy (non-hydrogen) atoms. The summed E-state index contributed by atoms with van der Waals surface area (Å²) in [6, 6.07) is 17.0. The fourth-order valence-corrected chi connectivity index (χ4v) is 4.31. The molecule has 1 fully saturated rings. The highest BCUT2D eigenvalue weighted by Gasteiger charge is 2.31. The Morgan fingerprint density at radius 1 is 1.10 bits per heavy atom. The SMILES string of the molecule is COc1ccc(C=C2SC(=S)N(CCCCCC(=O)NNc3ccccc3)C2=O)cc1. The van der Waals surface area contributed by atoms with Crippen LogP contribution in [0.15, 0.2) is 59.5 Å². The van der Waals surface area contributed by atoms with E-state index in [1.54, 1.807) is 12.0 Å². The predicted octanol–water partition coefficient (Wildman–Crippen LogP) is 4.60. The van der Waals surface area contributed by atoms with Gasteiger partial charge in [-0.05, 0) is 48.7 Å². The number of carbonyl (C=O) groups excluding carboxylic acids is 2. The third-order valence-corrected chi connectivity index (χ3v) is 6.07. The van der Waals surface area contributed by atoms with Gasteiger partial charge in [0.1, 0.15) is 10.1 Å². The number of nitrogens with one attached hydrogen (secondary N) is 2. The second kappa shape index (κ2) is 11.5. The number of rotatable bonds is 10. The number of thiocarbonyl (C=S) groups is 1. The van der Waals surface area contributed by atoms with Crippen molar-refractivity contribution >= 4 is 51.9 Å². The van der Waals surface area contributed by atoms with E-state index < -0.39 is 0 Å². The number of hydrazine groups is 1. The molecule has 0 unspecified atom stereocenters. The minimum atomic E-state index is -0.0596. The standard InChI is InChI=1S/C23H25N3O3S2/c1-29-19-13-11-17(12-14-19)16-20-22(28)26(23(30)31-20)15-7-3-6-10-21(27)25-24-18-8-4-2-5-9-18/h2,4-5,8-9,11-14,16,24H,3,6-7,10,15H2,1H3,(H,25,27). The lowest BCUT2D eigenvalue weighted by molar-refractivity contribution is -0.122. The minimum absolute atomic E-state index is 0.0584. The van der Waals surface area contributed by atoms with E-state index >= 15 is 0 Å². The number of thioether (sulfide) groups is 1. The van der Waals surface area contributed by atoms with Gasteiger partial charge < -0.3 is 4.74 Å². The topological polar surface area (TPSA) is 70.7 Å². The summed E-state index contributed by atoms with van der Waals surface area (Å²) in [6.07, 6.45) is 4.66. The molecule has 0 radical (unpaired) electrons. The van der Waals surface area contributed by atoms with Gasteiger partial charge in [-0.1, -0.05) is 60.7 Å². The smallest absolute Gasteiger partial charge is 0.266 e. The monoisotopic (exact) mass is 455 g/mol. The molecule has 0 aliphatic carbocycles. The van der Waals surface area contributed by atoms with Gasteiger partial charge in [0, 0.05) is 13.0 Å². The Morgan fingerprint density at radius 2 is 1.84 bits per heavy atom. The second-order valence-corrected chi connectivity index (χ2v) is 8.63. The number of nitrogens with zero attached hydrogens (tertiary/aromatic N) is 1. The molecular weight excluding hydrogens is 430 g/mol. The van der Waals surface area contributed by atoms with E-state index in [1.165, 1.54) is 11.8 Å². The van der Waals surface area contributed by atoms with Crippen LogP contribution in [0, 0.1) is 0 Å². The van der Waals surface area contributed by atoms with Crippen LogP contribution in [0.1, 0.15) is 31.2 Å². The van der Waals surface area contributed by atoms with Gasteiger partial charge in [0.05, 0.1) is 17.7 Å². The number of carbonyl (C=O) groups is 2. The Hall–Kier alpha value is -2.84. The maximum absolute atomic E-state index is 12.7. The van der Waals surface area contributed by atoms with Gasteiger partial charge in [0.2, 0.25) is 5.91 Å². The van der Waals surface area contributed by atoms with Gasteiger partial charge in [-0.3, -0.25) is 25.3 Å². The third-order valence-electron chi connectivity index (χ3n) is 4.69. The van der Waals surface area contributed by atoms with E-state index in [0.29, 0.717) is 22.2 Å². The first-order chi connectivity index (χ1) is 15.1. The van der Waals surface area contributed by atoms with Crippen LogP contribution in [-0.4, -0.2) is 34.7 Å². The molecule has 2 aromatic carbocycles. The summed E-state index contributed by atoms with van der Waals surface area (Å²) >= 11 is 6.71. The molecular formula is C23H25N3O3S2. The highest BCUT2D eigenvalue weighted by atomic mass is 32.2. The first-order valence-corrected chi connectivity index (χ1v) is 11.3. The van der Waals surface area contributed by atoms with E-state index in [9.17, 15) is 9.59 Å². The molecule has 3 rings (SSSR count). The van der Waals surface area contributed by atoms with Crippen molar-refractivity contribution in [1.82, 2.24) is 10.3 Å². The first-order valence-electron chi connectivity index (χ1n) is 10.1. The van der Waals surface area contributed by atoms with Crippen molar-refractivity contribution in [3.8, 4) is 5.75 Å². The summed E-state index contributed by atoms with van der Waals surface area (Å²) in [5.74, 6) is 0.654. The highest BCUT2D eigenvalue weighted by Crippen LogP contribution is 2.33. The number of para-hydroxylation sites is 1. The summed E-state index contributed by atoms with van der Waals surface area (Å²) in [6.45, 7) is 0.564. The van der Waals surface area contributed by atoms with Crippen molar-refractivity contribution < 1.29 is 14.3 Å². The maximum atomic E-state index is 12.7. The molecule has 1 aliphatic heterocycles. The zero-order valence-corrected chi connectivity index (χ0v) is 18.9. The fourth-order valence-electron chi connectivity index (χ4n) is 3.00. The number of anilines is 1. The van der Waals surface area contributed by atoms with Crippen molar-refractivity contribution in [2.24, 2.45) is 0 Å². The fraction of sp³-hybridized carbons (Fsp3) is 0.261. The molecule has 2 aromatic rings. The Morgan fingerprint density at radius 3 is 2.55 bits per heavy atom. The molecule has 1 saturated heterocycles. The third kappa shape index (κ3) is 6.83. The second-order valence-electron chi connectivity index (χ2n) is 6.96. The quantitative estimate of drug-likeness (QED) is 0.236. The van der Waals surface area contributed by atoms with Crippen LogP contribution in [0.25, 0.3) is 6.08 Å². The van der Waals surface area contributed by atoms with Crippen LogP contribution in [0.5, 0.6) is 5.75 Å². The van der Waals surface area contributed by atoms with Gasteiger partial charge in [0.15, 0.2) is 0 Å². The van der Waals surface area contributed by atoms with Gasteiger partial charge in [0.25, 0.3) is 5.91 Å². The zero-order valence-electron chi connectivity index (χ0n) is 17.3. The number of methoxy groups -OCH3 is 1. The van der Waals surface area contributed by atoms with E-state index in [-0.39, 0.29) is 11.8 Å². The van der Waals surface area contributed by atoms with Crippen LogP contribution in [-0.2, 0) is 9.59 Å². The molecule has 1 heterocycles. The predicted molar refractivity (Wildman–Crippen MR) is 130 cm³/mol. The molecule has 2 N–H and O–H groups in total. The molecule has 0 atom stereocenters. The summed E-state index contributed by atoms with van der Waals surface area (Å²) in [7, 11) is 1.62. The molecule has 0 saturated carbocycles. The largest absolute Gasteiger partial charge is 0.497 e. The van der Waals surface area contributed by atoms with Crippen LogP contribution < -0.4 is 15.6 Å². The molecule has 2 amide bonds. The van der Waals surface area contributed by atoms with Crippen molar-refractivity contribution in [2.45, 2.75) is 25.7 Å². The molecule has 0 spiro atoms. The van der Waals surface area contributed by atoms with E-state index in [0.717, 1.165) is 36.3 Å². The number of benzene rings is 2. The zero-order chi connectivity index (χ0) is 22.1. The van der Waals surface area contributed by atoms with Crippen molar-refractivity contribution in [1.29, 1.82) is 0 Å². The molecule has 6 nitrogen and oxygen atoms in total. The van der Waals surface area contributed by atoms with Gasteiger partial charge in [-0.25, -0.2) is 0 Å². The van der Waals surface area contributed by atoms with E-state index in [4.69, 9.17) is 17.0 Å². The average molecular weight is 456 g/mol. The normalized spacial score (nSPS) is 14.7. The number of ether oxygens (including phenoxy) is 1. The molecule has 0 bridgehead atoms.